The number of allylic oxidation sites excluding steroid dienone is 1. The number of halogens is 1. The molecule has 0 radical (unpaired) electrons. The summed E-state index contributed by atoms with van der Waals surface area (Å²) >= 11 is 0. The largest absolute Gasteiger partial charge is 0.480 e. The van der Waals surface area contributed by atoms with Crippen LogP contribution in [0.15, 0.2) is 24.3 Å². The van der Waals surface area contributed by atoms with E-state index in [-0.39, 0.29) is 42.4 Å². The first kappa shape index (κ1) is 20.5. The second-order valence-corrected chi connectivity index (χ2v) is 9.29. The highest BCUT2D eigenvalue weighted by atomic mass is 19.1. The summed E-state index contributed by atoms with van der Waals surface area (Å²) in [6.45, 7) is 2.14. The van der Waals surface area contributed by atoms with Crippen LogP contribution in [0.1, 0.15) is 57.4 Å². The fourth-order valence-corrected chi connectivity index (χ4v) is 5.91. The Hall–Kier alpha value is -2.41. The maximum absolute atomic E-state index is 14.7. The number of hydrogen-bond acceptors (Lipinski definition) is 4. The lowest BCUT2D eigenvalue weighted by molar-refractivity contribution is -0.140. The molecule has 6 nitrogen and oxygen atoms in total. The second-order valence-electron chi connectivity index (χ2n) is 9.29. The van der Waals surface area contributed by atoms with Crippen LogP contribution in [0, 0.1) is 5.82 Å². The zero-order valence-corrected chi connectivity index (χ0v) is 17.9. The first-order valence-electron chi connectivity index (χ1n) is 11.3. The molecule has 2 amide bonds. The monoisotopic (exact) mass is 428 g/mol. The minimum atomic E-state index is -0.469. The molecule has 4 aliphatic heterocycles. The summed E-state index contributed by atoms with van der Waals surface area (Å²) in [5.74, 6) is -0.480. The van der Waals surface area contributed by atoms with Crippen LogP contribution < -0.4 is 10.1 Å². The lowest BCUT2D eigenvalue weighted by Gasteiger charge is -2.41. The average molecular weight is 429 g/mol. The number of amides is 2. The molecule has 7 heteroatoms. The Morgan fingerprint density at radius 1 is 1.26 bits per heavy atom. The maximum atomic E-state index is 14.7. The van der Waals surface area contributed by atoms with Gasteiger partial charge in [0.25, 0.3) is 5.91 Å². The van der Waals surface area contributed by atoms with E-state index < -0.39 is 11.4 Å². The summed E-state index contributed by atoms with van der Waals surface area (Å²) < 4.78 is 26.8. The first-order valence-corrected chi connectivity index (χ1v) is 11.3. The molecule has 0 saturated carbocycles. The molecule has 5 aliphatic rings. The van der Waals surface area contributed by atoms with Gasteiger partial charge in [0, 0.05) is 18.0 Å². The van der Waals surface area contributed by atoms with Crippen molar-refractivity contribution in [3.05, 3.63) is 35.7 Å². The van der Waals surface area contributed by atoms with Crippen LogP contribution in [0.25, 0.3) is 5.57 Å². The van der Waals surface area contributed by atoms with Gasteiger partial charge in [-0.05, 0) is 57.1 Å². The molecule has 2 fully saturated rings. The Balaban J connectivity index is 1.51. The first-order chi connectivity index (χ1) is 15.0. The summed E-state index contributed by atoms with van der Waals surface area (Å²) in [6.07, 6.45) is 7.33. The van der Waals surface area contributed by atoms with E-state index in [1.54, 1.807) is 6.07 Å². The Morgan fingerprint density at radius 3 is 2.90 bits per heavy atom. The average Bonchev–Trinajstić information content (AvgIpc) is 3.01. The van der Waals surface area contributed by atoms with Crippen molar-refractivity contribution in [3.63, 3.8) is 0 Å². The van der Waals surface area contributed by atoms with Gasteiger partial charge in [-0.1, -0.05) is 18.2 Å². The van der Waals surface area contributed by atoms with Gasteiger partial charge in [-0.3, -0.25) is 9.59 Å². The number of rotatable bonds is 0. The van der Waals surface area contributed by atoms with Crippen LogP contribution in [0.3, 0.4) is 0 Å². The molecule has 1 aromatic rings. The van der Waals surface area contributed by atoms with Gasteiger partial charge in [0.05, 0.1) is 24.3 Å². The quantitative estimate of drug-likeness (QED) is 0.689. The predicted octanol–water partition coefficient (Wildman–Crippen LogP) is 3.20. The molecule has 31 heavy (non-hydrogen) atoms. The zero-order chi connectivity index (χ0) is 21.6. The summed E-state index contributed by atoms with van der Waals surface area (Å²) in [6, 6.07) is 4.57. The van der Waals surface area contributed by atoms with Crippen LogP contribution >= 0.6 is 0 Å². The van der Waals surface area contributed by atoms with E-state index in [9.17, 15) is 14.0 Å². The highest BCUT2D eigenvalue weighted by Crippen LogP contribution is 2.41. The van der Waals surface area contributed by atoms with Gasteiger partial charge < -0.3 is 19.7 Å². The number of benzene rings is 1. The number of carbonyl (C=O) groups excluding carboxylic acids is 2. The zero-order valence-electron chi connectivity index (χ0n) is 17.9. The number of nitrogens with zero attached hydrogens (tertiary/aromatic N) is 1. The Kier molecular flexibility index (Phi) is 5.24. The number of nitrogens with one attached hydrogen (secondary N) is 1. The molecule has 2 saturated heterocycles. The fraction of sp³-hybridized carbons (Fsp3) is 0.583. The molecule has 1 N–H and O–H groups in total. The number of para-hydroxylation sites is 1. The highest BCUT2D eigenvalue weighted by Gasteiger charge is 2.54. The lowest BCUT2D eigenvalue weighted by Crippen LogP contribution is -2.61. The third-order valence-corrected chi connectivity index (χ3v) is 7.32. The van der Waals surface area contributed by atoms with Crippen molar-refractivity contribution in [1.29, 1.82) is 0 Å². The van der Waals surface area contributed by atoms with Gasteiger partial charge in [-0.25, -0.2) is 4.39 Å². The van der Waals surface area contributed by atoms with Crippen molar-refractivity contribution in [2.24, 2.45) is 0 Å². The molecule has 4 heterocycles. The van der Waals surface area contributed by atoms with Crippen LogP contribution in [0.2, 0.25) is 0 Å². The van der Waals surface area contributed by atoms with Gasteiger partial charge in [0.15, 0.2) is 18.2 Å². The fourth-order valence-electron chi connectivity index (χ4n) is 5.91. The van der Waals surface area contributed by atoms with Crippen LogP contribution in [0.5, 0.6) is 5.75 Å². The Morgan fingerprint density at radius 2 is 2.13 bits per heavy atom. The minimum Gasteiger partial charge on any atom is -0.480 e. The maximum Gasteiger partial charge on any atom is 0.261 e. The number of fused-ring (bicyclic) bond motifs is 5. The standard InChI is InChI=1S/C24H29FN2O4/c1-15-12-24(11-3-6-21(28)26-24)20-13-30-17-9-7-16(8-10-17)18-4-2-5-19(25)23(18)31-14-22(29)27(15)20/h2,4-5,7,15,17,20H,3,6,8-14H2,1H3,(H,26,28)/t15-,17?,20?,24?/m1/s1. The minimum absolute atomic E-state index is 0.0353. The molecule has 1 spiro atoms. The topological polar surface area (TPSA) is 67.9 Å². The van der Waals surface area contributed by atoms with E-state index in [0.717, 1.165) is 37.7 Å². The predicted molar refractivity (Wildman–Crippen MR) is 113 cm³/mol. The molecular formula is C24H29FN2O4. The third kappa shape index (κ3) is 3.63. The van der Waals surface area contributed by atoms with E-state index in [1.165, 1.54) is 6.07 Å². The summed E-state index contributed by atoms with van der Waals surface area (Å²) in [7, 11) is 0. The van der Waals surface area contributed by atoms with Crippen LogP contribution in [-0.2, 0) is 14.3 Å². The Bertz CT molecular complexity index is 932. The van der Waals surface area contributed by atoms with Gasteiger partial charge in [-0.15, -0.1) is 0 Å². The molecule has 3 unspecified atom stereocenters. The number of hydrogen-bond donors (Lipinski definition) is 1. The van der Waals surface area contributed by atoms with E-state index in [4.69, 9.17) is 9.47 Å². The number of carbonyl (C=O) groups is 2. The second kappa shape index (κ2) is 7.93. The number of piperidine rings is 1. The van der Waals surface area contributed by atoms with Gasteiger partial charge >= 0.3 is 0 Å². The van der Waals surface area contributed by atoms with Gasteiger partial charge in [0.2, 0.25) is 5.91 Å². The molecule has 4 atom stereocenters. The summed E-state index contributed by atoms with van der Waals surface area (Å²) in [5, 5.41) is 3.21. The van der Waals surface area contributed by atoms with Gasteiger partial charge in [-0.2, -0.15) is 0 Å². The van der Waals surface area contributed by atoms with E-state index >= 15 is 0 Å². The molecule has 0 aromatic heterocycles. The number of ether oxygens (including phenoxy) is 2. The summed E-state index contributed by atoms with van der Waals surface area (Å²) in [4.78, 5) is 27.4. The Labute approximate surface area is 181 Å². The highest BCUT2D eigenvalue weighted by molar-refractivity contribution is 5.81. The van der Waals surface area contributed by atoms with E-state index in [2.05, 4.69) is 11.4 Å². The van der Waals surface area contributed by atoms with Crippen molar-refractivity contribution < 1.29 is 23.5 Å². The molecule has 6 rings (SSSR count). The lowest BCUT2D eigenvalue weighted by atomic mass is 9.81. The van der Waals surface area contributed by atoms with Crippen LogP contribution in [-0.4, -0.2) is 53.7 Å². The van der Waals surface area contributed by atoms with E-state index in [1.807, 2.05) is 17.9 Å². The molecule has 166 valence electrons. The SMILES string of the molecule is C[C@@H]1CC2(CCCC(=O)N2)C2COC3CC=C(CC3)c3cccc(F)c3OCC(=O)N21. The van der Waals surface area contributed by atoms with E-state index in [0.29, 0.717) is 25.0 Å². The van der Waals surface area contributed by atoms with Gasteiger partial charge in [0.1, 0.15) is 0 Å². The molecule has 1 aromatic carbocycles. The summed E-state index contributed by atoms with van der Waals surface area (Å²) in [5.41, 5.74) is 1.28. The normalized spacial score (nSPS) is 33.4. The van der Waals surface area contributed by atoms with Crippen molar-refractivity contribution in [2.75, 3.05) is 13.2 Å². The van der Waals surface area contributed by atoms with Crippen LogP contribution in [0.4, 0.5) is 4.39 Å². The molecular weight excluding hydrogens is 399 g/mol. The third-order valence-electron chi connectivity index (χ3n) is 7.32. The van der Waals surface area contributed by atoms with Crippen molar-refractivity contribution in [1.82, 2.24) is 10.2 Å². The van der Waals surface area contributed by atoms with Crippen molar-refractivity contribution in [2.45, 2.75) is 75.6 Å². The molecule has 1 aliphatic carbocycles. The van der Waals surface area contributed by atoms with Crippen molar-refractivity contribution in [3.8, 4) is 5.75 Å². The molecule has 2 bridgehead atoms. The smallest absolute Gasteiger partial charge is 0.261 e. The van der Waals surface area contributed by atoms with Crippen molar-refractivity contribution >= 4 is 17.4 Å².